The summed E-state index contributed by atoms with van der Waals surface area (Å²) in [6.45, 7) is 1.48. The fourth-order valence-corrected chi connectivity index (χ4v) is 2.04. The number of nitrogens with zero attached hydrogens (tertiary/aromatic N) is 2. The van der Waals surface area contributed by atoms with Crippen LogP contribution in [0.2, 0.25) is 0 Å². The molecule has 0 fully saturated rings. The fourth-order valence-electron chi connectivity index (χ4n) is 2.04. The van der Waals surface area contributed by atoms with E-state index in [1.807, 2.05) is 6.92 Å². The van der Waals surface area contributed by atoms with Gasteiger partial charge in [-0.1, -0.05) is 13.0 Å². The molecule has 0 atom stereocenters. The van der Waals surface area contributed by atoms with Crippen molar-refractivity contribution in [2.24, 2.45) is 7.05 Å². The molecule has 2 rings (SSSR count). The van der Waals surface area contributed by atoms with Crippen molar-refractivity contribution in [1.82, 2.24) is 9.13 Å². The lowest BCUT2D eigenvalue weighted by molar-refractivity contribution is -0.137. The van der Waals surface area contributed by atoms with Crippen LogP contribution in [0, 0.1) is 0 Å². The zero-order valence-corrected chi connectivity index (χ0v) is 10.7. The van der Waals surface area contributed by atoms with E-state index in [9.17, 15) is 14.4 Å². The molecule has 0 aliphatic carbocycles. The molecule has 2 aromatic rings. The van der Waals surface area contributed by atoms with Crippen LogP contribution < -0.4 is 11.2 Å². The summed E-state index contributed by atoms with van der Waals surface area (Å²) in [6, 6.07) is 5.13. The van der Waals surface area contributed by atoms with Crippen molar-refractivity contribution in [3.05, 3.63) is 44.6 Å². The van der Waals surface area contributed by atoms with Gasteiger partial charge in [-0.25, -0.2) is 4.79 Å². The summed E-state index contributed by atoms with van der Waals surface area (Å²) in [5, 5.41) is 9.24. The summed E-state index contributed by atoms with van der Waals surface area (Å²) >= 11 is 0. The van der Waals surface area contributed by atoms with E-state index >= 15 is 0 Å². The molecule has 0 radical (unpaired) electrons. The number of hydrogen-bond acceptors (Lipinski definition) is 3. The lowest BCUT2D eigenvalue weighted by Gasteiger charge is -2.10. The van der Waals surface area contributed by atoms with Gasteiger partial charge in [0.1, 0.15) is 6.54 Å². The van der Waals surface area contributed by atoms with Gasteiger partial charge in [-0.3, -0.25) is 18.7 Å². The molecule has 0 saturated heterocycles. The van der Waals surface area contributed by atoms with E-state index in [0.29, 0.717) is 10.9 Å². The van der Waals surface area contributed by atoms with Crippen LogP contribution in [-0.2, 0) is 24.8 Å². The number of rotatable bonds is 3. The van der Waals surface area contributed by atoms with E-state index in [0.717, 1.165) is 21.1 Å². The normalized spacial score (nSPS) is 10.8. The van der Waals surface area contributed by atoms with E-state index in [1.54, 1.807) is 18.2 Å². The van der Waals surface area contributed by atoms with E-state index in [1.165, 1.54) is 7.05 Å². The van der Waals surface area contributed by atoms with Gasteiger partial charge >= 0.3 is 11.7 Å². The van der Waals surface area contributed by atoms with Crippen LogP contribution in [0.1, 0.15) is 12.5 Å². The number of aliphatic carboxylic acids is 1. The molecular weight excluding hydrogens is 248 g/mol. The maximum Gasteiger partial charge on any atom is 0.331 e. The Morgan fingerprint density at radius 1 is 1.32 bits per heavy atom. The number of carboxylic acids is 1. The molecule has 19 heavy (non-hydrogen) atoms. The topological polar surface area (TPSA) is 81.3 Å². The first-order valence-electron chi connectivity index (χ1n) is 5.90. The van der Waals surface area contributed by atoms with Crippen molar-refractivity contribution in [1.29, 1.82) is 0 Å². The molecule has 1 heterocycles. The Morgan fingerprint density at radius 2 is 2.00 bits per heavy atom. The minimum atomic E-state index is -1.12. The van der Waals surface area contributed by atoms with Crippen molar-refractivity contribution in [3.63, 3.8) is 0 Å². The highest BCUT2D eigenvalue weighted by atomic mass is 16.4. The van der Waals surface area contributed by atoms with Crippen molar-refractivity contribution < 1.29 is 9.90 Å². The number of carbonyl (C=O) groups is 1. The van der Waals surface area contributed by atoms with Gasteiger partial charge < -0.3 is 5.11 Å². The van der Waals surface area contributed by atoms with Gasteiger partial charge in [0.2, 0.25) is 0 Å². The third-order valence-electron chi connectivity index (χ3n) is 3.11. The molecule has 0 spiro atoms. The van der Waals surface area contributed by atoms with E-state index < -0.39 is 23.8 Å². The van der Waals surface area contributed by atoms with E-state index in [2.05, 4.69) is 0 Å². The minimum absolute atomic E-state index is 0.348. The Hall–Kier alpha value is -2.37. The summed E-state index contributed by atoms with van der Waals surface area (Å²) in [5.41, 5.74) is 0.284. The SMILES string of the molecule is CCc1ccc2c(=O)n(C)c(=O)n(CC(=O)O)c2c1. The first-order valence-corrected chi connectivity index (χ1v) is 5.90. The Labute approximate surface area is 108 Å². The van der Waals surface area contributed by atoms with Gasteiger partial charge in [-0.05, 0) is 24.1 Å². The molecule has 6 heteroatoms. The summed E-state index contributed by atoms with van der Waals surface area (Å²) in [5.74, 6) is -1.12. The summed E-state index contributed by atoms with van der Waals surface area (Å²) in [6.07, 6.45) is 0.742. The van der Waals surface area contributed by atoms with Crippen molar-refractivity contribution in [3.8, 4) is 0 Å². The fraction of sp³-hybridized carbons (Fsp3) is 0.308. The van der Waals surface area contributed by atoms with Crippen LogP contribution in [0.4, 0.5) is 0 Å². The molecular formula is C13H14N2O4. The van der Waals surface area contributed by atoms with Crippen LogP contribution in [0.15, 0.2) is 27.8 Å². The molecule has 100 valence electrons. The molecule has 1 aromatic carbocycles. The maximum absolute atomic E-state index is 12.0. The summed E-state index contributed by atoms with van der Waals surface area (Å²) < 4.78 is 2.04. The predicted molar refractivity (Wildman–Crippen MR) is 70.5 cm³/mol. The van der Waals surface area contributed by atoms with Gasteiger partial charge in [0.05, 0.1) is 10.9 Å². The average Bonchev–Trinajstić information content (AvgIpc) is 2.40. The van der Waals surface area contributed by atoms with Crippen molar-refractivity contribution in [2.45, 2.75) is 19.9 Å². The molecule has 1 N–H and O–H groups in total. The second-order valence-electron chi connectivity index (χ2n) is 4.33. The minimum Gasteiger partial charge on any atom is -0.480 e. The van der Waals surface area contributed by atoms with Crippen LogP contribution in [0.5, 0.6) is 0 Å². The highest BCUT2D eigenvalue weighted by Gasteiger charge is 2.13. The molecule has 0 saturated carbocycles. The van der Waals surface area contributed by atoms with Gasteiger partial charge in [0.15, 0.2) is 0 Å². The maximum atomic E-state index is 12.0. The molecule has 0 aliphatic rings. The largest absolute Gasteiger partial charge is 0.480 e. The van der Waals surface area contributed by atoms with Crippen LogP contribution in [-0.4, -0.2) is 20.2 Å². The van der Waals surface area contributed by atoms with Crippen LogP contribution in [0.25, 0.3) is 10.9 Å². The van der Waals surface area contributed by atoms with E-state index in [-0.39, 0.29) is 0 Å². The zero-order chi connectivity index (χ0) is 14.2. The predicted octanol–water partition coefficient (Wildman–Crippen LogP) is 0.347. The smallest absolute Gasteiger partial charge is 0.331 e. The monoisotopic (exact) mass is 262 g/mol. The molecule has 0 amide bonds. The van der Waals surface area contributed by atoms with Gasteiger partial charge in [0, 0.05) is 7.05 Å². The molecule has 6 nitrogen and oxygen atoms in total. The number of aryl methyl sites for hydroxylation is 1. The average molecular weight is 262 g/mol. The van der Waals surface area contributed by atoms with Crippen molar-refractivity contribution in [2.75, 3.05) is 0 Å². The lowest BCUT2D eigenvalue weighted by atomic mass is 10.1. The third-order valence-corrected chi connectivity index (χ3v) is 3.11. The standard InChI is InChI=1S/C13H14N2O4/c1-3-8-4-5-9-10(6-8)15(7-11(16)17)13(19)14(2)12(9)18/h4-6H,3,7H2,1-2H3,(H,16,17). The first kappa shape index (κ1) is 13.1. The second kappa shape index (κ2) is 4.72. The first-order chi connectivity index (χ1) is 8.95. The quantitative estimate of drug-likeness (QED) is 0.865. The number of carboxylic acid groups (broad SMARTS) is 1. The Morgan fingerprint density at radius 3 is 2.58 bits per heavy atom. The number of hydrogen-bond donors (Lipinski definition) is 1. The highest BCUT2D eigenvalue weighted by Crippen LogP contribution is 2.12. The van der Waals surface area contributed by atoms with Gasteiger partial charge in [-0.2, -0.15) is 0 Å². The second-order valence-corrected chi connectivity index (χ2v) is 4.33. The molecule has 1 aromatic heterocycles. The van der Waals surface area contributed by atoms with Gasteiger partial charge in [0.25, 0.3) is 5.56 Å². The molecule has 0 bridgehead atoms. The summed E-state index contributed by atoms with van der Waals surface area (Å²) in [7, 11) is 1.34. The third kappa shape index (κ3) is 2.16. The van der Waals surface area contributed by atoms with Crippen molar-refractivity contribution >= 4 is 16.9 Å². The highest BCUT2D eigenvalue weighted by molar-refractivity contribution is 5.80. The molecule has 0 aliphatic heterocycles. The zero-order valence-electron chi connectivity index (χ0n) is 10.7. The lowest BCUT2D eigenvalue weighted by Crippen LogP contribution is -2.39. The van der Waals surface area contributed by atoms with Crippen LogP contribution in [0.3, 0.4) is 0 Å². The van der Waals surface area contributed by atoms with Gasteiger partial charge in [-0.15, -0.1) is 0 Å². The van der Waals surface area contributed by atoms with Crippen LogP contribution >= 0.6 is 0 Å². The number of benzene rings is 1. The Bertz CT molecular complexity index is 771. The van der Waals surface area contributed by atoms with E-state index in [4.69, 9.17) is 5.11 Å². The summed E-state index contributed by atoms with van der Waals surface area (Å²) in [4.78, 5) is 34.9. The Balaban J connectivity index is 2.94. The molecule has 0 unspecified atom stereocenters. The number of aromatic nitrogens is 2. The number of fused-ring (bicyclic) bond motifs is 1. The Kier molecular flexibility index (Phi) is 3.25.